The van der Waals surface area contributed by atoms with E-state index >= 15 is 0 Å². The molecule has 0 N–H and O–H groups in total. The summed E-state index contributed by atoms with van der Waals surface area (Å²) in [4.78, 5) is 42.7. The van der Waals surface area contributed by atoms with Crippen molar-refractivity contribution < 1.29 is 14.4 Å². The van der Waals surface area contributed by atoms with E-state index in [0.717, 1.165) is 15.3 Å². The van der Waals surface area contributed by atoms with Crippen LogP contribution < -0.4 is 0 Å². The number of carbonyl (C=O) groups is 3. The molecule has 1 fully saturated rings. The Morgan fingerprint density at radius 3 is 2.04 bits per heavy atom. The van der Waals surface area contributed by atoms with E-state index in [0.29, 0.717) is 26.2 Å². The van der Waals surface area contributed by atoms with Crippen LogP contribution in [0.4, 0.5) is 0 Å². The summed E-state index contributed by atoms with van der Waals surface area (Å²) in [5, 5.41) is 0. The molecule has 25 heavy (non-hydrogen) atoms. The minimum absolute atomic E-state index is 0.000752. The quantitative estimate of drug-likeness (QED) is 0.772. The molecule has 0 bridgehead atoms. The number of thiophene rings is 1. The molecule has 0 unspecified atom stereocenters. The summed E-state index contributed by atoms with van der Waals surface area (Å²) in [5.74, 6) is 0.163. The Morgan fingerprint density at radius 1 is 1.00 bits per heavy atom. The lowest BCUT2D eigenvalue weighted by Gasteiger charge is -2.37. The number of piperazine rings is 1. The van der Waals surface area contributed by atoms with Crippen molar-refractivity contribution in [1.29, 1.82) is 0 Å². The highest BCUT2D eigenvalue weighted by atomic mass is 32.1. The zero-order chi connectivity index (χ0) is 18.8. The van der Waals surface area contributed by atoms with Crippen molar-refractivity contribution in [3.8, 4) is 0 Å². The largest absolute Gasteiger partial charge is 0.339 e. The average molecular weight is 365 g/mol. The second-order valence-corrected chi connectivity index (χ2v) is 9.13. The third-order valence-corrected chi connectivity index (χ3v) is 5.43. The smallest absolute Gasteiger partial charge is 0.228 e. The molecule has 0 atom stereocenters. The average Bonchev–Trinajstić information content (AvgIpc) is 2.89. The van der Waals surface area contributed by atoms with Crippen molar-refractivity contribution in [2.24, 2.45) is 5.41 Å². The lowest BCUT2D eigenvalue weighted by atomic mass is 9.94. The van der Waals surface area contributed by atoms with Crippen LogP contribution in [0, 0.1) is 19.3 Å². The van der Waals surface area contributed by atoms with E-state index in [-0.39, 0.29) is 30.4 Å². The van der Waals surface area contributed by atoms with Crippen LogP contribution in [0.5, 0.6) is 0 Å². The fourth-order valence-corrected chi connectivity index (χ4v) is 4.00. The van der Waals surface area contributed by atoms with E-state index in [1.54, 1.807) is 16.2 Å². The fourth-order valence-electron chi connectivity index (χ4n) is 3.05. The van der Waals surface area contributed by atoms with Crippen molar-refractivity contribution >= 4 is 28.9 Å². The van der Waals surface area contributed by atoms with Crippen molar-refractivity contribution in [1.82, 2.24) is 9.80 Å². The first kappa shape index (κ1) is 19.6. The van der Waals surface area contributed by atoms with Gasteiger partial charge >= 0.3 is 0 Å². The summed E-state index contributed by atoms with van der Waals surface area (Å²) in [6, 6.07) is 1.91. The number of amides is 2. The molecular formula is C19H28N2O3S. The molecule has 1 aromatic rings. The number of carbonyl (C=O) groups excluding carboxylic acids is 3. The van der Waals surface area contributed by atoms with Gasteiger partial charge in [-0.3, -0.25) is 14.4 Å². The Balaban J connectivity index is 1.82. The number of nitrogens with zero attached hydrogens (tertiary/aromatic N) is 2. The molecule has 6 heteroatoms. The summed E-state index contributed by atoms with van der Waals surface area (Å²) in [7, 11) is 0. The van der Waals surface area contributed by atoms with Gasteiger partial charge in [-0.2, -0.15) is 0 Å². The Labute approximate surface area is 154 Å². The first-order valence-corrected chi connectivity index (χ1v) is 9.58. The van der Waals surface area contributed by atoms with Gasteiger partial charge in [-0.25, -0.2) is 0 Å². The second-order valence-electron chi connectivity index (χ2n) is 7.67. The van der Waals surface area contributed by atoms with E-state index in [9.17, 15) is 14.4 Å². The highest BCUT2D eigenvalue weighted by Gasteiger charge is 2.30. The maximum atomic E-state index is 12.4. The molecule has 1 saturated heterocycles. The SMILES string of the molecule is Cc1cc(C(=O)CCC(=O)N2CCN(C(=O)C(C)(C)C)CC2)c(C)s1. The van der Waals surface area contributed by atoms with Crippen LogP contribution in [0.15, 0.2) is 6.07 Å². The molecule has 138 valence electrons. The highest BCUT2D eigenvalue weighted by Crippen LogP contribution is 2.23. The van der Waals surface area contributed by atoms with Gasteiger partial charge in [0.25, 0.3) is 0 Å². The molecule has 1 aliphatic heterocycles. The van der Waals surface area contributed by atoms with Gasteiger partial charge < -0.3 is 9.80 Å². The first-order valence-electron chi connectivity index (χ1n) is 8.77. The van der Waals surface area contributed by atoms with Gasteiger partial charge in [-0.15, -0.1) is 11.3 Å². The molecule has 2 amide bonds. The number of ketones is 1. The Hall–Kier alpha value is -1.69. The minimum Gasteiger partial charge on any atom is -0.339 e. The molecular weight excluding hydrogens is 336 g/mol. The maximum Gasteiger partial charge on any atom is 0.228 e. The number of rotatable bonds is 4. The summed E-state index contributed by atoms with van der Waals surface area (Å²) in [6.45, 7) is 11.9. The first-order chi connectivity index (χ1) is 11.6. The third kappa shape index (κ3) is 4.91. The summed E-state index contributed by atoms with van der Waals surface area (Å²) >= 11 is 1.61. The molecule has 2 rings (SSSR count). The van der Waals surface area contributed by atoms with Gasteiger partial charge in [0.2, 0.25) is 11.8 Å². The molecule has 0 aliphatic carbocycles. The van der Waals surface area contributed by atoms with Gasteiger partial charge in [0.1, 0.15) is 0 Å². The van der Waals surface area contributed by atoms with Crippen molar-refractivity contribution in [2.75, 3.05) is 26.2 Å². The molecule has 0 spiro atoms. The van der Waals surface area contributed by atoms with E-state index < -0.39 is 5.41 Å². The van der Waals surface area contributed by atoms with Gasteiger partial charge in [-0.05, 0) is 19.9 Å². The van der Waals surface area contributed by atoms with Crippen molar-refractivity contribution in [3.63, 3.8) is 0 Å². The number of aryl methyl sites for hydroxylation is 2. The van der Waals surface area contributed by atoms with Crippen LogP contribution in [0.3, 0.4) is 0 Å². The molecule has 0 radical (unpaired) electrons. The van der Waals surface area contributed by atoms with Gasteiger partial charge in [0.05, 0.1) is 0 Å². The predicted molar refractivity (Wildman–Crippen MR) is 100.0 cm³/mol. The summed E-state index contributed by atoms with van der Waals surface area (Å²) < 4.78 is 0. The maximum absolute atomic E-state index is 12.4. The standard InChI is InChI=1S/C19H28N2O3S/c1-13-12-15(14(2)25-13)16(22)6-7-17(23)20-8-10-21(11-9-20)18(24)19(3,4)5/h12H,6-11H2,1-5H3. The van der Waals surface area contributed by atoms with Crippen LogP contribution in [0.25, 0.3) is 0 Å². The molecule has 5 nitrogen and oxygen atoms in total. The second kappa shape index (κ2) is 7.68. The molecule has 0 saturated carbocycles. The molecule has 0 aromatic carbocycles. The van der Waals surface area contributed by atoms with Gasteiger partial charge in [0.15, 0.2) is 5.78 Å². The number of hydrogen-bond donors (Lipinski definition) is 0. The lowest BCUT2D eigenvalue weighted by molar-refractivity contribution is -0.144. The topological polar surface area (TPSA) is 57.7 Å². The Morgan fingerprint density at radius 2 is 1.56 bits per heavy atom. The molecule has 1 aromatic heterocycles. The van der Waals surface area contributed by atoms with E-state index in [4.69, 9.17) is 0 Å². The van der Waals surface area contributed by atoms with Gasteiger partial charge in [-0.1, -0.05) is 20.8 Å². The lowest BCUT2D eigenvalue weighted by Crippen LogP contribution is -2.53. The van der Waals surface area contributed by atoms with Gasteiger partial charge in [0, 0.05) is 59.8 Å². The number of hydrogen-bond acceptors (Lipinski definition) is 4. The van der Waals surface area contributed by atoms with E-state index in [1.807, 2.05) is 45.6 Å². The van der Waals surface area contributed by atoms with E-state index in [1.165, 1.54) is 0 Å². The monoisotopic (exact) mass is 364 g/mol. The molecule has 1 aliphatic rings. The normalized spacial score (nSPS) is 15.4. The fraction of sp³-hybridized carbons (Fsp3) is 0.632. The van der Waals surface area contributed by atoms with E-state index in [2.05, 4.69) is 0 Å². The molecule has 2 heterocycles. The van der Waals surface area contributed by atoms with Crippen LogP contribution in [0.1, 0.15) is 53.7 Å². The number of Topliss-reactive ketones (excluding diaryl/α,β-unsaturated/α-hetero) is 1. The van der Waals surface area contributed by atoms with Crippen LogP contribution >= 0.6 is 11.3 Å². The van der Waals surface area contributed by atoms with Crippen molar-refractivity contribution in [3.05, 3.63) is 21.4 Å². The van der Waals surface area contributed by atoms with Crippen LogP contribution in [-0.2, 0) is 9.59 Å². The minimum atomic E-state index is -0.394. The third-order valence-electron chi connectivity index (χ3n) is 4.47. The predicted octanol–water partition coefficient (Wildman–Crippen LogP) is 3.04. The Kier molecular flexibility index (Phi) is 6.03. The zero-order valence-corrected chi connectivity index (χ0v) is 16.7. The Bertz CT molecular complexity index is 665. The van der Waals surface area contributed by atoms with Crippen LogP contribution in [-0.4, -0.2) is 53.6 Å². The highest BCUT2D eigenvalue weighted by molar-refractivity contribution is 7.12. The van der Waals surface area contributed by atoms with Crippen LogP contribution in [0.2, 0.25) is 0 Å². The zero-order valence-electron chi connectivity index (χ0n) is 15.8. The summed E-state index contributed by atoms with van der Waals surface area (Å²) in [6.07, 6.45) is 0.483. The van der Waals surface area contributed by atoms with Crippen molar-refractivity contribution in [2.45, 2.75) is 47.5 Å². The summed E-state index contributed by atoms with van der Waals surface area (Å²) in [5.41, 5.74) is 0.352.